The predicted molar refractivity (Wildman–Crippen MR) is 29.1 cm³/mol. The van der Waals surface area contributed by atoms with E-state index in [2.05, 4.69) is 13.5 Å². The molecule has 1 nitrogen and oxygen atoms in total. The van der Waals surface area contributed by atoms with Crippen LogP contribution in [0, 0.1) is 0 Å². The van der Waals surface area contributed by atoms with E-state index in [1.165, 1.54) is 0 Å². The lowest BCUT2D eigenvalue weighted by Crippen LogP contribution is -1.83. The number of hydrogen-bond acceptors (Lipinski definition) is 1. The number of ether oxygens (including phenoxy) is 1. The summed E-state index contributed by atoms with van der Waals surface area (Å²) >= 11 is 0. The van der Waals surface area contributed by atoms with Gasteiger partial charge >= 0.3 is 0 Å². The quantitative estimate of drug-likeness (QED) is 0.375. The first-order valence-electron chi connectivity index (χ1n) is 2.61. The molecule has 0 saturated carbocycles. The maximum Gasteiger partial charge on any atom is 0.0873 e. The first-order chi connectivity index (χ1) is 3.34. The van der Waals surface area contributed by atoms with Crippen molar-refractivity contribution in [1.29, 1.82) is 0 Å². The zero-order valence-electron chi connectivity index (χ0n) is 4.55. The Morgan fingerprint density at radius 2 is 2.43 bits per heavy atom. The third kappa shape index (κ3) is 1.03. The molecular weight excluding hydrogens is 88.1 g/mol. The lowest BCUT2D eigenvalue weighted by Gasteiger charge is -1.76. The van der Waals surface area contributed by atoms with Crippen molar-refractivity contribution in [3.05, 3.63) is 12.7 Å². The second-order valence-corrected chi connectivity index (χ2v) is 1.90. The van der Waals surface area contributed by atoms with Crippen LogP contribution in [-0.2, 0) is 4.74 Å². The molecule has 2 unspecified atom stereocenters. The molecule has 2 atom stereocenters. The first kappa shape index (κ1) is 4.85. The minimum atomic E-state index is 0.498. The molecule has 1 heteroatoms. The van der Waals surface area contributed by atoms with Crippen molar-refractivity contribution < 1.29 is 4.74 Å². The lowest BCUT2D eigenvalue weighted by molar-refractivity contribution is 0.380. The van der Waals surface area contributed by atoms with Crippen LogP contribution >= 0.6 is 0 Å². The summed E-state index contributed by atoms with van der Waals surface area (Å²) in [4.78, 5) is 0. The smallest absolute Gasteiger partial charge is 0.0873 e. The number of epoxide rings is 1. The van der Waals surface area contributed by atoms with Crippen LogP contribution in [0.3, 0.4) is 0 Å². The van der Waals surface area contributed by atoms with Gasteiger partial charge in [-0.2, -0.15) is 0 Å². The number of hydrogen-bond donors (Lipinski definition) is 0. The molecule has 1 saturated heterocycles. The van der Waals surface area contributed by atoms with Crippen LogP contribution in [0.25, 0.3) is 0 Å². The Morgan fingerprint density at radius 3 is 2.57 bits per heavy atom. The molecule has 0 aromatic rings. The van der Waals surface area contributed by atoms with E-state index in [0.29, 0.717) is 12.2 Å². The van der Waals surface area contributed by atoms with E-state index in [-0.39, 0.29) is 0 Å². The molecule has 0 aliphatic carbocycles. The van der Waals surface area contributed by atoms with E-state index >= 15 is 0 Å². The third-order valence-electron chi connectivity index (χ3n) is 1.24. The number of rotatable bonds is 2. The molecule has 0 bridgehead atoms. The normalized spacial score (nSPS) is 37.9. The van der Waals surface area contributed by atoms with Gasteiger partial charge in [0.2, 0.25) is 0 Å². The second kappa shape index (κ2) is 1.66. The van der Waals surface area contributed by atoms with Gasteiger partial charge in [-0.25, -0.2) is 0 Å². The Bertz CT molecular complexity index is 78.2. The highest BCUT2D eigenvalue weighted by Crippen LogP contribution is 2.23. The van der Waals surface area contributed by atoms with E-state index in [9.17, 15) is 0 Å². The Kier molecular flexibility index (Phi) is 1.15. The van der Waals surface area contributed by atoms with Crippen LogP contribution in [0.2, 0.25) is 0 Å². The van der Waals surface area contributed by atoms with Crippen LogP contribution < -0.4 is 0 Å². The van der Waals surface area contributed by atoms with E-state index in [4.69, 9.17) is 4.74 Å². The topological polar surface area (TPSA) is 12.5 Å². The Balaban J connectivity index is 2.08. The second-order valence-electron chi connectivity index (χ2n) is 1.90. The molecule has 0 aromatic carbocycles. The Hall–Kier alpha value is -0.300. The fraction of sp³-hybridized carbons (Fsp3) is 0.667. The van der Waals surface area contributed by atoms with E-state index < -0.39 is 0 Å². The van der Waals surface area contributed by atoms with Gasteiger partial charge in [0, 0.05) is 0 Å². The summed E-state index contributed by atoms with van der Waals surface area (Å²) in [6.45, 7) is 5.67. The van der Waals surface area contributed by atoms with Crippen LogP contribution in [0.15, 0.2) is 12.7 Å². The van der Waals surface area contributed by atoms with Crippen LogP contribution in [0.1, 0.15) is 13.3 Å². The van der Waals surface area contributed by atoms with Crippen molar-refractivity contribution in [3.63, 3.8) is 0 Å². The highest BCUT2D eigenvalue weighted by molar-refractivity contribution is 4.86. The van der Waals surface area contributed by atoms with Gasteiger partial charge < -0.3 is 4.74 Å². The van der Waals surface area contributed by atoms with E-state index in [1.807, 2.05) is 6.08 Å². The van der Waals surface area contributed by atoms with Gasteiger partial charge in [0.05, 0.1) is 12.2 Å². The summed E-state index contributed by atoms with van der Waals surface area (Å²) in [6, 6.07) is 0. The largest absolute Gasteiger partial charge is 0.370 e. The summed E-state index contributed by atoms with van der Waals surface area (Å²) in [5, 5.41) is 0. The van der Waals surface area contributed by atoms with Gasteiger partial charge in [-0.15, -0.1) is 6.58 Å². The van der Waals surface area contributed by atoms with Crippen molar-refractivity contribution in [2.24, 2.45) is 0 Å². The molecule has 1 rings (SSSR count). The van der Waals surface area contributed by atoms with Crippen molar-refractivity contribution in [1.82, 2.24) is 0 Å². The molecule has 0 N–H and O–H groups in total. The monoisotopic (exact) mass is 98.1 g/mol. The maximum atomic E-state index is 5.09. The minimum absolute atomic E-state index is 0.498. The Morgan fingerprint density at radius 1 is 1.86 bits per heavy atom. The molecule has 0 spiro atoms. The van der Waals surface area contributed by atoms with Crippen molar-refractivity contribution >= 4 is 0 Å². The fourth-order valence-corrected chi connectivity index (χ4v) is 0.642. The molecule has 7 heavy (non-hydrogen) atoms. The summed E-state index contributed by atoms with van der Waals surface area (Å²) in [5.41, 5.74) is 0. The molecule has 0 aromatic heterocycles. The maximum absolute atomic E-state index is 5.09. The molecule has 1 fully saturated rings. The minimum Gasteiger partial charge on any atom is -0.370 e. The van der Waals surface area contributed by atoms with Gasteiger partial charge in [0.15, 0.2) is 0 Å². The zero-order chi connectivity index (χ0) is 5.28. The van der Waals surface area contributed by atoms with Gasteiger partial charge in [-0.1, -0.05) is 6.08 Å². The lowest BCUT2D eigenvalue weighted by atomic mass is 10.2. The SMILES string of the molecule is C=CCC1OC1C. The highest BCUT2D eigenvalue weighted by Gasteiger charge is 2.31. The Labute approximate surface area is 44.0 Å². The molecule has 1 aliphatic rings. The van der Waals surface area contributed by atoms with Gasteiger partial charge in [0.1, 0.15) is 0 Å². The summed E-state index contributed by atoms with van der Waals surface area (Å²) in [7, 11) is 0. The summed E-state index contributed by atoms with van der Waals surface area (Å²) in [5.74, 6) is 0. The fourth-order valence-electron chi connectivity index (χ4n) is 0.642. The van der Waals surface area contributed by atoms with Gasteiger partial charge in [-0.05, 0) is 13.3 Å². The highest BCUT2D eigenvalue weighted by atomic mass is 16.6. The molecule has 40 valence electrons. The van der Waals surface area contributed by atoms with E-state index in [1.54, 1.807) is 0 Å². The molecule has 0 radical (unpaired) electrons. The van der Waals surface area contributed by atoms with Crippen LogP contribution in [0.4, 0.5) is 0 Å². The zero-order valence-corrected chi connectivity index (χ0v) is 4.55. The third-order valence-corrected chi connectivity index (χ3v) is 1.24. The molecular formula is C6H10O. The predicted octanol–water partition coefficient (Wildman–Crippen LogP) is 1.35. The standard InChI is InChI=1S/C6H10O/c1-3-4-6-5(2)7-6/h3,5-6H,1,4H2,2H3. The van der Waals surface area contributed by atoms with Crippen molar-refractivity contribution in [2.45, 2.75) is 25.6 Å². The molecule has 1 heterocycles. The van der Waals surface area contributed by atoms with E-state index in [0.717, 1.165) is 6.42 Å². The molecule has 0 amide bonds. The first-order valence-corrected chi connectivity index (χ1v) is 2.61. The average Bonchev–Trinajstić information content (AvgIpc) is 2.22. The summed E-state index contributed by atoms with van der Waals surface area (Å²) < 4.78 is 5.09. The van der Waals surface area contributed by atoms with Gasteiger partial charge in [-0.3, -0.25) is 0 Å². The molecule has 1 aliphatic heterocycles. The van der Waals surface area contributed by atoms with Crippen molar-refractivity contribution in [3.8, 4) is 0 Å². The summed E-state index contributed by atoms with van der Waals surface area (Å²) in [6.07, 6.45) is 3.91. The van der Waals surface area contributed by atoms with Crippen molar-refractivity contribution in [2.75, 3.05) is 0 Å². The average molecular weight is 98.1 g/mol. The van der Waals surface area contributed by atoms with Crippen LogP contribution in [0.5, 0.6) is 0 Å². The van der Waals surface area contributed by atoms with Crippen LogP contribution in [-0.4, -0.2) is 12.2 Å². The van der Waals surface area contributed by atoms with Gasteiger partial charge in [0.25, 0.3) is 0 Å².